The Hall–Kier alpha value is -1.36. The van der Waals surface area contributed by atoms with Gasteiger partial charge in [0.25, 0.3) is 0 Å². The number of sulfone groups is 1. The van der Waals surface area contributed by atoms with Crippen LogP contribution >= 0.6 is 0 Å². The number of amides is 1. The summed E-state index contributed by atoms with van der Waals surface area (Å²) in [7, 11) is -3.25. The van der Waals surface area contributed by atoms with Crippen molar-refractivity contribution < 1.29 is 13.2 Å². The van der Waals surface area contributed by atoms with Gasteiger partial charge in [0, 0.05) is 13.0 Å². The highest BCUT2D eigenvalue weighted by molar-refractivity contribution is 7.91. The predicted molar refractivity (Wildman–Crippen MR) is 74.9 cm³/mol. The molecule has 0 aliphatic carbocycles. The maximum absolute atomic E-state index is 12.3. The van der Waals surface area contributed by atoms with Crippen LogP contribution in [0.1, 0.15) is 27.2 Å². The van der Waals surface area contributed by atoms with Crippen molar-refractivity contribution in [2.45, 2.75) is 32.1 Å². The zero-order valence-corrected chi connectivity index (χ0v) is 12.3. The van der Waals surface area contributed by atoms with Crippen molar-refractivity contribution in [1.82, 2.24) is 0 Å². The molecular weight excluding hydrogens is 262 g/mol. The van der Waals surface area contributed by atoms with Crippen molar-refractivity contribution in [3.05, 3.63) is 24.3 Å². The molecule has 1 heterocycles. The van der Waals surface area contributed by atoms with Gasteiger partial charge in [-0.2, -0.15) is 0 Å². The number of hydrogen-bond donors (Lipinski definition) is 0. The van der Waals surface area contributed by atoms with Crippen LogP contribution < -0.4 is 4.90 Å². The maximum Gasteiger partial charge on any atom is 0.227 e. The topological polar surface area (TPSA) is 54.5 Å². The summed E-state index contributed by atoms with van der Waals surface area (Å²) < 4.78 is 24.0. The molecule has 0 N–H and O–H groups in total. The second-order valence-corrected chi connectivity index (χ2v) is 8.15. The lowest BCUT2D eigenvalue weighted by atomic mass is 9.91. The van der Waals surface area contributed by atoms with Crippen molar-refractivity contribution in [2.75, 3.05) is 17.2 Å². The number of rotatable bonds is 1. The SMILES string of the molecule is CC(C)(C)CC(=O)N1CCS(=O)(=O)c2ccccc21. The van der Waals surface area contributed by atoms with Crippen LogP contribution in [0.2, 0.25) is 0 Å². The molecule has 0 spiro atoms. The van der Waals surface area contributed by atoms with Crippen LogP contribution in [0, 0.1) is 5.41 Å². The van der Waals surface area contributed by atoms with Crippen LogP contribution in [-0.4, -0.2) is 26.6 Å². The molecule has 5 heteroatoms. The first-order chi connectivity index (χ1) is 8.71. The highest BCUT2D eigenvalue weighted by atomic mass is 32.2. The molecule has 4 nitrogen and oxygen atoms in total. The molecule has 0 fully saturated rings. The minimum absolute atomic E-state index is 0.000103. The average Bonchev–Trinajstić information content (AvgIpc) is 2.26. The molecular formula is C14H19NO3S. The van der Waals surface area contributed by atoms with Crippen LogP contribution in [0.15, 0.2) is 29.2 Å². The Labute approximate surface area is 114 Å². The van der Waals surface area contributed by atoms with Gasteiger partial charge in [0.05, 0.1) is 16.3 Å². The van der Waals surface area contributed by atoms with E-state index < -0.39 is 9.84 Å². The molecule has 1 aromatic rings. The third kappa shape index (κ3) is 2.97. The normalized spacial score (nSPS) is 17.9. The highest BCUT2D eigenvalue weighted by Gasteiger charge is 2.32. The zero-order chi connectivity index (χ0) is 14.3. The summed E-state index contributed by atoms with van der Waals surface area (Å²) in [5.41, 5.74) is 0.408. The van der Waals surface area contributed by atoms with Gasteiger partial charge in [-0.05, 0) is 17.5 Å². The molecule has 0 aromatic heterocycles. The van der Waals surface area contributed by atoms with Gasteiger partial charge in [0.15, 0.2) is 9.84 Å². The van der Waals surface area contributed by atoms with E-state index in [1.807, 2.05) is 20.8 Å². The highest BCUT2D eigenvalue weighted by Crippen LogP contribution is 2.32. The third-order valence-corrected chi connectivity index (χ3v) is 4.79. The van der Waals surface area contributed by atoms with Crippen molar-refractivity contribution in [3.8, 4) is 0 Å². The van der Waals surface area contributed by atoms with Gasteiger partial charge in [-0.3, -0.25) is 4.79 Å². The molecule has 1 amide bonds. The number of hydrogen-bond acceptors (Lipinski definition) is 3. The second-order valence-electron chi connectivity index (χ2n) is 6.07. The van der Waals surface area contributed by atoms with Crippen LogP contribution in [0.5, 0.6) is 0 Å². The van der Waals surface area contributed by atoms with E-state index in [1.165, 1.54) is 0 Å². The van der Waals surface area contributed by atoms with Crippen LogP contribution in [-0.2, 0) is 14.6 Å². The first-order valence-electron chi connectivity index (χ1n) is 6.33. The fourth-order valence-electron chi connectivity index (χ4n) is 2.19. The third-order valence-electron chi connectivity index (χ3n) is 3.06. The number of anilines is 1. The van der Waals surface area contributed by atoms with E-state index in [0.29, 0.717) is 12.1 Å². The molecule has 0 saturated carbocycles. The molecule has 104 valence electrons. The fourth-order valence-corrected chi connectivity index (χ4v) is 3.62. The first-order valence-corrected chi connectivity index (χ1v) is 7.98. The van der Waals surface area contributed by atoms with Gasteiger partial charge >= 0.3 is 0 Å². The van der Waals surface area contributed by atoms with E-state index in [-0.39, 0.29) is 28.5 Å². The van der Waals surface area contributed by atoms with Gasteiger partial charge in [0.2, 0.25) is 5.91 Å². The Bertz CT molecular complexity index is 599. The summed E-state index contributed by atoms with van der Waals surface area (Å²) in [4.78, 5) is 14.2. The van der Waals surface area contributed by atoms with Crippen molar-refractivity contribution in [2.24, 2.45) is 5.41 Å². The minimum atomic E-state index is -3.25. The number of carbonyl (C=O) groups excluding carboxylic acids is 1. The number of carbonyl (C=O) groups is 1. The Morgan fingerprint density at radius 2 is 1.89 bits per heavy atom. The van der Waals surface area contributed by atoms with E-state index in [2.05, 4.69) is 0 Å². The second kappa shape index (κ2) is 4.63. The Kier molecular flexibility index (Phi) is 3.43. The zero-order valence-electron chi connectivity index (χ0n) is 11.5. The lowest BCUT2D eigenvalue weighted by Crippen LogP contribution is -2.41. The summed E-state index contributed by atoms with van der Waals surface area (Å²) in [6.45, 7) is 6.24. The Balaban J connectivity index is 2.38. The van der Waals surface area contributed by atoms with Gasteiger partial charge in [-0.1, -0.05) is 32.9 Å². The van der Waals surface area contributed by atoms with Crippen LogP contribution in [0.4, 0.5) is 5.69 Å². The van der Waals surface area contributed by atoms with E-state index in [4.69, 9.17) is 0 Å². The summed E-state index contributed by atoms with van der Waals surface area (Å²) in [5.74, 6) is -0.0188. The molecule has 0 unspecified atom stereocenters. The van der Waals surface area contributed by atoms with E-state index in [9.17, 15) is 13.2 Å². The number of benzene rings is 1. The molecule has 1 aromatic carbocycles. The quantitative estimate of drug-likeness (QED) is 0.793. The molecule has 0 atom stereocenters. The summed E-state index contributed by atoms with van der Waals surface area (Å²) in [6.07, 6.45) is 0.404. The van der Waals surface area contributed by atoms with Crippen LogP contribution in [0.3, 0.4) is 0 Å². The first kappa shape index (κ1) is 14.1. The molecule has 2 rings (SSSR count). The standard InChI is InChI=1S/C14H19NO3S/c1-14(2,3)10-13(16)15-8-9-19(17,18)12-7-5-4-6-11(12)15/h4-7H,8-10H2,1-3H3. The van der Waals surface area contributed by atoms with E-state index in [1.54, 1.807) is 29.2 Å². The fraction of sp³-hybridized carbons (Fsp3) is 0.500. The lowest BCUT2D eigenvalue weighted by molar-refractivity contribution is -0.120. The van der Waals surface area contributed by atoms with Crippen molar-refractivity contribution in [1.29, 1.82) is 0 Å². The monoisotopic (exact) mass is 281 g/mol. The lowest BCUT2D eigenvalue weighted by Gasteiger charge is -2.31. The molecule has 0 radical (unpaired) electrons. The number of fused-ring (bicyclic) bond motifs is 1. The number of nitrogens with zero attached hydrogens (tertiary/aromatic N) is 1. The van der Waals surface area contributed by atoms with Gasteiger partial charge in [-0.25, -0.2) is 8.42 Å². The minimum Gasteiger partial charge on any atom is -0.310 e. The van der Waals surface area contributed by atoms with Crippen molar-refractivity contribution >= 4 is 21.4 Å². The smallest absolute Gasteiger partial charge is 0.227 e. The van der Waals surface area contributed by atoms with E-state index in [0.717, 1.165) is 0 Å². The molecule has 1 aliphatic rings. The van der Waals surface area contributed by atoms with Crippen LogP contribution in [0.25, 0.3) is 0 Å². The van der Waals surface area contributed by atoms with E-state index >= 15 is 0 Å². The van der Waals surface area contributed by atoms with Gasteiger partial charge in [0.1, 0.15) is 0 Å². The summed E-state index contributed by atoms with van der Waals surface area (Å²) >= 11 is 0. The van der Waals surface area contributed by atoms with Gasteiger partial charge in [-0.15, -0.1) is 0 Å². The van der Waals surface area contributed by atoms with Crippen molar-refractivity contribution in [3.63, 3.8) is 0 Å². The Morgan fingerprint density at radius 3 is 2.53 bits per heavy atom. The summed E-state index contributed by atoms with van der Waals surface area (Å²) in [5, 5.41) is 0. The Morgan fingerprint density at radius 1 is 1.26 bits per heavy atom. The average molecular weight is 281 g/mol. The molecule has 0 saturated heterocycles. The molecule has 0 bridgehead atoms. The molecule has 1 aliphatic heterocycles. The number of para-hydroxylation sites is 1. The maximum atomic E-state index is 12.3. The summed E-state index contributed by atoms with van der Waals surface area (Å²) in [6, 6.07) is 6.72. The molecule has 19 heavy (non-hydrogen) atoms. The predicted octanol–water partition coefficient (Wildman–Crippen LogP) is 2.24. The largest absolute Gasteiger partial charge is 0.310 e. The van der Waals surface area contributed by atoms with Gasteiger partial charge < -0.3 is 4.90 Å².